The van der Waals surface area contributed by atoms with Gasteiger partial charge in [-0.15, -0.1) is 0 Å². The van der Waals surface area contributed by atoms with E-state index in [1.54, 1.807) is 26.4 Å². The Labute approximate surface area is 139 Å². The van der Waals surface area contributed by atoms with Crippen molar-refractivity contribution in [1.82, 2.24) is 9.78 Å². The normalized spacial score (nSPS) is 11.5. The maximum atomic E-state index is 12.7. The lowest BCUT2D eigenvalue weighted by atomic mass is 10.1. The minimum absolute atomic E-state index is 0.170. The van der Waals surface area contributed by atoms with Crippen LogP contribution in [0.4, 0.5) is 0 Å². The van der Waals surface area contributed by atoms with Crippen molar-refractivity contribution in [3.8, 4) is 17.2 Å². The third kappa shape index (κ3) is 2.72. The van der Waals surface area contributed by atoms with Crippen LogP contribution in [0.1, 0.15) is 5.56 Å². The van der Waals surface area contributed by atoms with Crippen LogP contribution < -0.4 is 25.6 Å². The summed E-state index contributed by atoms with van der Waals surface area (Å²) in [5, 5.41) is 4.02. The van der Waals surface area contributed by atoms with Gasteiger partial charge in [-0.05, 0) is 24.3 Å². The number of aromatic nitrogens is 2. The van der Waals surface area contributed by atoms with Crippen molar-refractivity contribution in [3.63, 3.8) is 0 Å². The summed E-state index contributed by atoms with van der Waals surface area (Å²) in [6, 6.07) is 14.9. The largest absolute Gasteiger partial charge is 0.493 e. The van der Waals surface area contributed by atoms with Gasteiger partial charge in [0.05, 0.1) is 30.5 Å². The summed E-state index contributed by atoms with van der Waals surface area (Å²) in [7, 11) is 3.15. The fourth-order valence-electron chi connectivity index (χ4n) is 2.58. The molecule has 0 aliphatic rings. The highest BCUT2D eigenvalue weighted by Crippen LogP contribution is 2.30. The molecule has 5 nitrogen and oxygen atoms in total. The molecule has 5 heteroatoms. The summed E-state index contributed by atoms with van der Waals surface area (Å²) in [4.78, 5) is 12.7. The van der Waals surface area contributed by atoms with Gasteiger partial charge in [0.15, 0.2) is 11.5 Å². The van der Waals surface area contributed by atoms with Crippen LogP contribution in [-0.2, 0) is 0 Å². The monoisotopic (exact) mass is 322 g/mol. The molecule has 0 unspecified atom stereocenters. The molecule has 24 heavy (non-hydrogen) atoms. The van der Waals surface area contributed by atoms with E-state index in [1.165, 1.54) is 4.68 Å². The lowest BCUT2D eigenvalue weighted by Gasteiger charge is -2.09. The smallest absolute Gasteiger partial charge is 0.279 e. The highest BCUT2D eigenvalue weighted by molar-refractivity contribution is 5.62. The van der Waals surface area contributed by atoms with Crippen LogP contribution in [0.5, 0.6) is 11.5 Å². The number of hydrogen-bond donors (Lipinski definition) is 1. The lowest BCUT2D eigenvalue weighted by molar-refractivity contribution is 0.354. The van der Waals surface area contributed by atoms with E-state index < -0.39 is 0 Å². The van der Waals surface area contributed by atoms with Gasteiger partial charge >= 0.3 is 0 Å². The minimum Gasteiger partial charge on any atom is -0.493 e. The molecule has 3 aromatic rings. The van der Waals surface area contributed by atoms with E-state index in [0.717, 1.165) is 11.3 Å². The van der Waals surface area contributed by atoms with Crippen LogP contribution in [0.3, 0.4) is 0 Å². The van der Waals surface area contributed by atoms with Crippen molar-refractivity contribution >= 4 is 12.7 Å². The molecule has 1 aromatic heterocycles. The predicted octanol–water partition coefficient (Wildman–Crippen LogP) is 1.42. The van der Waals surface area contributed by atoms with Gasteiger partial charge in [-0.2, -0.15) is 0 Å². The quantitative estimate of drug-likeness (QED) is 0.790. The molecular weight excluding hydrogens is 304 g/mol. The molecule has 122 valence electrons. The topological polar surface area (TPSA) is 56.2 Å². The van der Waals surface area contributed by atoms with Gasteiger partial charge in [0, 0.05) is 5.56 Å². The van der Waals surface area contributed by atoms with Gasteiger partial charge in [-0.25, -0.2) is 4.68 Å². The fraction of sp³-hybridized carbons (Fsp3) is 0.105. The second kappa shape index (κ2) is 6.50. The summed E-state index contributed by atoms with van der Waals surface area (Å²) in [6.45, 7) is 3.94. The van der Waals surface area contributed by atoms with Crippen molar-refractivity contribution in [2.75, 3.05) is 14.2 Å². The molecule has 0 saturated heterocycles. The zero-order valence-electron chi connectivity index (χ0n) is 13.6. The summed E-state index contributed by atoms with van der Waals surface area (Å²) in [5.74, 6) is 1.18. The molecule has 0 amide bonds. The SMILES string of the molecule is C=c1[nH]n(-c2ccccc2)c(=O)/c1=C\c1cccc(OC)c1OC. The number of aromatic amines is 1. The number of rotatable bonds is 4. The number of nitrogens with one attached hydrogen (secondary N) is 1. The van der Waals surface area contributed by atoms with E-state index in [-0.39, 0.29) is 5.56 Å². The van der Waals surface area contributed by atoms with Crippen molar-refractivity contribution in [2.45, 2.75) is 0 Å². The molecule has 0 aliphatic carbocycles. The average molecular weight is 322 g/mol. The number of H-pyrrole nitrogens is 1. The number of para-hydroxylation sites is 2. The van der Waals surface area contributed by atoms with Gasteiger partial charge < -0.3 is 9.47 Å². The van der Waals surface area contributed by atoms with Gasteiger partial charge in [-0.3, -0.25) is 9.89 Å². The maximum absolute atomic E-state index is 12.7. The van der Waals surface area contributed by atoms with Crippen LogP contribution in [0.2, 0.25) is 0 Å². The molecule has 1 N–H and O–H groups in total. The zero-order chi connectivity index (χ0) is 17.1. The molecule has 0 aliphatic heterocycles. The van der Waals surface area contributed by atoms with Gasteiger partial charge in [-0.1, -0.05) is 36.9 Å². The number of hydrogen-bond acceptors (Lipinski definition) is 3. The predicted molar refractivity (Wildman–Crippen MR) is 94.3 cm³/mol. The van der Waals surface area contributed by atoms with E-state index in [2.05, 4.69) is 11.7 Å². The molecule has 0 fully saturated rings. The molecule has 0 radical (unpaired) electrons. The van der Waals surface area contributed by atoms with Crippen molar-refractivity contribution < 1.29 is 9.47 Å². The molecule has 0 saturated carbocycles. The van der Waals surface area contributed by atoms with Gasteiger partial charge in [0.1, 0.15) is 0 Å². The summed E-state index contributed by atoms with van der Waals surface area (Å²) in [6.07, 6.45) is 1.75. The molecule has 0 bridgehead atoms. The van der Waals surface area contributed by atoms with Crippen molar-refractivity contribution in [3.05, 3.63) is 75.0 Å². The molecular formula is C19H18N2O3. The first-order chi connectivity index (χ1) is 11.7. The second-order valence-electron chi connectivity index (χ2n) is 5.21. The molecule has 3 rings (SSSR count). The first-order valence-electron chi connectivity index (χ1n) is 7.44. The number of ether oxygens (including phenoxy) is 2. The van der Waals surface area contributed by atoms with E-state index in [9.17, 15) is 4.79 Å². The van der Waals surface area contributed by atoms with Gasteiger partial charge in [0.2, 0.25) is 0 Å². The van der Waals surface area contributed by atoms with E-state index in [1.807, 2.05) is 42.5 Å². The first kappa shape index (κ1) is 15.7. The van der Waals surface area contributed by atoms with Crippen molar-refractivity contribution in [2.24, 2.45) is 0 Å². The fourth-order valence-corrected chi connectivity index (χ4v) is 2.58. The van der Waals surface area contributed by atoms with Gasteiger partial charge in [0.25, 0.3) is 5.56 Å². The van der Waals surface area contributed by atoms with Crippen LogP contribution >= 0.6 is 0 Å². The lowest BCUT2D eigenvalue weighted by Crippen LogP contribution is -2.34. The molecule has 0 spiro atoms. The van der Waals surface area contributed by atoms with Crippen LogP contribution in [0, 0.1) is 0 Å². The van der Waals surface area contributed by atoms with E-state index in [4.69, 9.17) is 9.47 Å². The second-order valence-corrected chi connectivity index (χ2v) is 5.21. The van der Waals surface area contributed by atoms with E-state index >= 15 is 0 Å². The average Bonchev–Trinajstić information content (AvgIpc) is 2.90. The molecule has 2 aromatic carbocycles. The zero-order valence-corrected chi connectivity index (χ0v) is 13.6. The van der Waals surface area contributed by atoms with Crippen LogP contribution in [0.15, 0.2) is 53.3 Å². The number of benzene rings is 2. The van der Waals surface area contributed by atoms with E-state index in [0.29, 0.717) is 22.1 Å². The Hall–Kier alpha value is -3.21. The summed E-state index contributed by atoms with van der Waals surface area (Å²) in [5.41, 5.74) is 1.33. The third-order valence-electron chi connectivity index (χ3n) is 3.75. The van der Waals surface area contributed by atoms with Crippen LogP contribution in [0.25, 0.3) is 18.3 Å². The third-order valence-corrected chi connectivity index (χ3v) is 3.75. The Balaban J connectivity index is 2.22. The Kier molecular flexibility index (Phi) is 4.24. The summed E-state index contributed by atoms with van der Waals surface area (Å²) < 4.78 is 12.2. The molecule has 1 heterocycles. The Bertz CT molecular complexity index is 1020. The van der Waals surface area contributed by atoms with Crippen LogP contribution in [-0.4, -0.2) is 24.0 Å². The number of nitrogens with zero attached hydrogens (tertiary/aromatic N) is 1. The highest BCUT2D eigenvalue weighted by atomic mass is 16.5. The highest BCUT2D eigenvalue weighted by Gasteiger charge is 2.09. The molecule has 0 atom stereocenters. The number of methoxy groups -OCH3 is 2. The first-order valence-corrected chi connectivity index (χ1v) is 7.44. The Morgan fingerprint density at radius 2 is 1.79 bits per heavy atom. The van der Waals surface area contributed by atoms with Crippen molar-refractivity contribution in [1.29, 1.82) is 0 Å². The summed E-state index contributed by atoms with van der Waals surface area (Å²) >= 11 is 0. The minimum atomic E-state index is -0.170. The Morgan fingerprint density at radius 1 is 1.04 bits per heavy atom. The standard InChI is InChI=1S/C19H18N2O3/c1-13-16(12-14-8-7-11-17(23-2)18(14)24-3)19(22)21(20-13)15-9-5-4-6-10-15/h4-12,20H,1H2,2-3H3/b16-12-. The maximum Gasteiger partial charge on any atom is 0.279 e. The Morgan fingerprint density at radius 3 is 2.46 bits per heavy atom.